The van der Waals surface area contributed by atoms with E-state index in [1.165, 1.54) is 11.8 Å². The summed E-state index contributed by atoms with van der Waals surface area (Å²) >= 11 is 13.1. The summed E-state index contributed by atoms with van der Waals surface area (Å²) in [5.74, 6) is 0.718. The number of nitrogens with zero attached hydrogens (tertiary/aromatic N) is 4. The van der Waals surface area contributed by atoms with Crippen molar-refractivity contribution in [2.24, 2.45) is 4.99 Å². The van der Waals surface area contributed by atoms with Crippen LogP contribution in [0.1, 0.15) is 12.5 Å². The topological polar surface area (TPSA) is 71.6 Å². The lowest BCUT2D eigenvalue weighted by Gasteiger charge is -2.26. The van der Waals surface area contributed by atoms with Crippen LogP contribution in [0.2, 0.25) is 10.2 Å². The quantitative estimate of drug-likeness (QED) is 0.153. The predicted molar refractivity (Wildman–Crippen MR) is 112 cm³/mol. The lowest BCUT2D eigenvalue weighted by Crippen LogP contribution is -2.44. The number of hydrogen-bond acceptors (Lipinski definition) is 5. The summed E-state index contributed by atoms with van der Waals surface area (Å²) in [6.07, 6.45) is 1.67. The van der Waals surface area contributed by atoms with E-state index in [9.17, 15) is 10.1 Å². The van der Waals surface area contributed by atoms with Gasteiger partial charge in [-0.05, 0) is 42.8 Å². The van der Waals surface area contributed by atoms with E-state index >= 15 is 0 Å². The number of halogens is 2. The molecule has 2 rings (SSSR count). The van der Waals surface area contributed by atoms with Gasteiger partial charge < -0.3 is 4.90 Å². The van der Waals surface area contributed by atoms with Gasteiger partial charge in [-0.25, -0.2) is 4.98 Å². The van der Waals surface area contributed by atoms with Crippen LogP contribution in [-0.2, 0) is 6.54 Å². The van der Waals surface area contributed by atoms with Crippen LogP contribution in [-0.4, -0.2) is 46.0 Å². The lowest BCUT2D eigenvalue weighted by atomic mass is 10.2. The van der Waals surface area contributed by atoms with E-state index < -0.39 is 6.04 Å². The van der Waals surface area contributed by atoms with E-state index in [-0.39, 0.29) is 10.7 Å². The van der Waals surface area contributed by atoms with E-state index in [0.717, 1.165) is 10.5 Å². The smallest absolute Gasteiger partial charge is 0.278 e. The number of aromatic nitrogens is 1. The SMILES string of the molecule is CCN(Cc1ccc(Cl)nc1)C(=NC)C(CSc1ccc(Cl)cc1)[N+](=O)[O-]. The van der Waals surface area contributed by atoms with Crippen LogP contribution >= 0.6 is 35.0 Å². The molecular weight excluding hydrogens is 407 g/mol. The van der Waals surface area contributed by atoms with Crippen LogP contribution in [0.3, 0.4) is 0 Å². The first-order valence-electron chi connectivity index (χ1n) is 8.28. The Labute approximate surface area is 172 Å². The third-order valence-electron chi connectivity index (χ3n) is 3.87. The number of likely N-dealkylation sites (N-methyl/N-ethyl adjacent to an activating group) is 1. The largest absolute Gasteiger partial charge is 0.350 e. The fraction of sp³-hybridized carbons (Fsp3) is 0.333. The molecule has 0 saturated heterocycles. The minimum absolute atomic E-state index is 0.274. The van der Waals surface area contributed by atoms with Crippen molar-refractivity contribution in [3.05, 3.63) is 68.4 Å². The molecule has 0 radical (unpaired) electrons. The number of benzene rings is 1. The van der Waals surface area contributed by atoms with Crippen LogP contribution in [0.15, 0.2) is 52.5 Å². The van der Waals surface area contributed by atoms with Gasteiger partial charge in [-0.3, -0.25) is 15.1 Å². The fourth-order valence-corrected chi connectivity index (χ4v) is 3.70. The second-order valence-electron chi connectivity index (χ2n) is 5.65. The van der Waals surface area contributed by atoms with Gasteiger partial charge >= 0.3 is 0 Å². The van der Waals surface area contributed by atoms with Crippen molar-refractivity contribution in [1.82, 2.24) is 9.88 Å². The molecule has 0 aliphatic heterocycles. The van der Waals surface area contributed by atoms with Crippen LogP contribution in [0.5, 0.6) is 0 Å². The minimum Gasteiger partial charge on any atom is -0.350 e. The number of amidine groups is 1. The molecule has 0 spiro atoms. The number of thioether (sulfide) groups is 1. The Kier molecular flexibility index (Phi) is 8.34. The zero-order chi connectivity index (χ0) is 19.8. The monoisotopic (exact) mass is 426 g/mol. The number of pyridine rings is 1. The Morgan fingerprint density at radius 1 is 1.30 bits per heavy atom. The Morgan fingerprint density at radius 3 is 2.52 bits per heavy atom. The van der Waals surface area contributed by atoms with Crippen LogP contribution in [0.25, 0.3) is 0 Å². The van der Waals surface area contributed by atoms with Crippen molar-refractivity contribution in [3.8, 4) is 0 Å². The third kappa shape index (κ3) is 6.37. The van der Waals surface area contributed by atoms with Crippen LogP contribution in [0, 0.1) is 10.1 Å². The molecule has 0 saturated carbocycles. The summed E-state index contributed by atoms with van der Waals surface area (Å²) in [5, 5.41) is 12.8. The highest BCUT2D eigenvalue weighted by Crippen LogP contribution is 2.23. The maximum Gasteiger partial charge on any atom is 0.278 e. The molecule has 0 aliphatic carbocycles. The summed E-state index contributed by atoms with van der Waals surface area (Å²) in [6.45, 7) is 3.01. The Bertz CT molecular complexity index is 785. The second-order valence-corrected chi connectivity index (χ2v) is 7.57. The number of aliphatic imine (C=N–C) groups is 1. The Morgan fingerprint density at radius 2 is 2.00 bits per heavy atom. The molecule has 1 aromatic heterocycles. The molecule has 1 atom stereocenters. The maximum atomic E-state index is 11.7. The average Bonchev–Trinajstić information content (AvgIpc) is 2.66. The molecule has 1 aromatic carbocycles. The van der Waals surface area contributed by atoms with Crippen LogP contribution < -0.4 is 0 Å². The third-order valence-corrected chi connectivity index (χ3v) is 5.43. The van der Waals surface area contributed by atoms with Crippen molar-refractivity contribution < 1.29 is 4.92 Å². The summed E-state index contributed by atoms with van der Waals surface area (Å²) < 4.78 is 0. The summed E-state index contributed by atoms with van der Waals surface area (Å²) in [5.41, 5.74) is 0.912. The second kappa shape index (κ2) is 10.5. The predicted octanol–water partition coefficient (Wildman–Crippen LogP) is 4.68. The maximum absolute atomic E-state index is 11.7. The molecule has 0 bridgehead atoms. The molecule has 144 valence electrons. The molecule has 0 aliphatic rings. The number of rotatable bonds is 8. The zero-order valence-electron chi connectivity index (χ0n) is 15.0. The lowest BCUT2D eigenvalue weighted by molar-refractivity contribution is -0.498. The normalized spacial score (nSPS) is 12.7. The molecular formula is C18H20Cl2N4O2S. The Hall–Kier alpha value is -1.83. The van der Waals surface area contributed by atoms with Gasteiger partial charge in [0.25, 0.3) is 6.04 Å². The van der Waals surface area contributed by atoms with Crippen molar-refractivity contribution in [2.45, 2.75) is 24.4 Å². The highest BCUT2D eigenvalue weighted by molar-refractivity contribution is 7.99. The average molecular weight is 427 g/mol. The summed E-state index contributed by atoms with van der Waals surface area (Å²) in [7, 11) is 1.58. The molecule has 0 fully saturated rings. The highest BCUT2D eigenvalue weighted by atomic mass is 35.5. The number of hydrogen-bond donors (Lipinski definition) is 0. The van der Waals surface area contributed by atoms with E-state index in [1.54, 1.807) is 31.4 Å². The van der Waals surface area contributed by atoms with Crippen molar-refractivity contribution in [3.63, 3.8) is 0 Å². The van der Waals surface area contributed by atoms with Crippen molar-refractivity contribution in [2.75, 3.05) is 19.3 Å². The first-order chi connectivity index (χ1) is 12.9. The fourth-order valence-electron chi connectivity index (χ4n) is 2.51. The van der Waals surface area contributed by atoms with Gasteiger partial charge in [0.2, 0.25) is 0 Å². The molecule has 0 amide bonds. The molecule has 1 heterocycles. The van der Waals surface area contributed by atoms with E-state index in [2.05, 4.69) is 9.98 Å². The summed E-state index contributed by atoms with van der Waals surface area (Å²) in [6, 6.07) is 9.88. The van der Waals surface area contributed by atoms with Gasteiger partial charge in [-0.2, -0.15) is 0 Å². The van der Waals surface area contributed by atoms with Gasteiger partial charge in [-0.1, -0.05) is 29.3 Å². The molecule has 0 N–H and O–H groups in total. The first kappa shape index (κ1) is 21.5. The van der Waals surface area contributed by atoms with Gasteiger partial charge in [0, 0.05) is 41.2 Å². The zero-order valence-corrected chi connectivity index (χ0v) is 17.3. The number of nitro groups is 1. The van der Waals surface area contributed by atoms with E-state index in [0.29, 0.717) is 29.1 Å². The minimum atomic E-state index is -0.920. The molecule has 27 heavy (non-hydrogen) atoms. The van der Waals surface area contributed by atoms with Crippen molar-refractivity contribution in [1.29, 1.82) is 0 Å². The Balaban J connectivity index is 2.14. The van der Waals surface area contributed by atoms with Crippen molar-refractivity contribution >= 4 is 40.8 Å². The molecule has 6 nitrogen and oxygen atoms in total. The van der Waals surface area contributed by atoms with Gasteiger partial charge in [0.05, 0.1) is 5.75 Å². The van der Waals surface area contributed by atoms with Gasteiger partial charge in [0.1, 0.15) is 5.15 Å². The van der Waals surface area contributed by atoms with E-state index in [4.69, 9.17) is 23.2 Å². The van der Waals surface area contributed by atoms with Gasteiger partial charge in [-0.15, -0.1) is 11.8 Å². The summed E-state index contributed by atoms with van der Waals surface area (Å²) in [4.78, 5) is 22.6. The van der Waals surface area contributed by atoms with Gasteiger partial charge in [0.15, 0.2) is 5.84 Å². The van der Waals surface area contributed by atoms with E-state index in [1.807, 2.05) is 30.0 Å². The standard InChI is InChI=1S/C18H20Cl2N4O2S/c1-3-23(11-13-4-9-17(20)22-10-13)18(21-2)16(24(25)26)12-27-15-7-5-14(19)6-8-15/h4-10,16H,3,11-12H2,1-2H3. The highest BCUT2D eigenvalue weighted by Gasteiger charge is 2.31. The molecule has 2 aromatic rings. The molecule has 9 heteroatoms. The molecule has 1 unspecified atom stereocenters. The van der Waals surface area contributed by atoms with Crippen LogP contribution in [0.4, 0.5) is 0 Å². The first-order valence-corrected chi connectivity index (χ1v) is 10.0.